The van der Waals surface area contributed by atoms with Crippen LogP contribution in [0.2, 0.25) is 10.0 Å². The molecule has 0 aliphatic rings. The Morgan fingerprint density at radius 3 is 2.16 bits per heavy atom. The van der Waals surface area contributed by atoms with Gasteiger partial charge in [-0.05, 0) is 49.1 Å². The number of hydrogen-bond acceptors (Lipinski definition) is 1. The summed E-state index contributed by atoms with van der Waals surface area (Å²) in [7, 11) is 0. The molecule has 19 heavy (non-hydrogen) atoms. The molecule has 0 aliphatic heterocycles. The third-order valence-electron chi connectivity index (χ3n) is 3.37. The first-order chi connectivity index (χ1) is 8.91. The number of nitrogens with two attached hydrogens (primary N) is 1. The van der Waals surface area contributed by atoms with Gasteiger partial charge >= 0.3 is 0 Å². The van der Waals surface area contributed by atoms with Gasteiger partial charge in [0.2, 0.25) is 0 Å². The summed E-state index contributed by atoms with van der Waals surface area (Å²) in [5, 5.41) is 1.08. The van der Waals surface area contributed by atoms with Crippen LogP contribution in [0.25, 0.3) is 0 Å². The minimum absolute atomic E-state index is 0.258. The average molecular weight is 294 g/mol. The topological polar surface area (TPSA) is 26.0 Å². The van der Waals surface area contributed by atoms with Crippen LogP contribution in [-0.4, -0.2) is 0 Å². The van der Waals surface area contributed by atoms with E-state index >= 15 is 0 Å². The molecule has 0 heterocycles. The minimum Gasteiger partial charge on any atom is -0.320 e. The highest BCUT2D eigenvalue weighted by Crippen LogP contribution is 2.34. The largest absolute Gasteiger partial charge is 0.320 e. The number of hydrogen-bond donors (Lipinski definition) is 1. The molecule has 0 saturated carbocycles. The van der Waals surface area contributed by atoms with Crippen LogP contribution in [0.5, 0.6) is 0 Å². The molecule has 2 rings (SSSR count). The highest BCUT2D eigenvalue weighted by molar-refractivity contribution is 6.42. The second-order valence-corrected chi connectivity index (χ2v) is 5.72. The first kappa shape index (κ1) is 14.4. The maximum atomic E-state index is 6.39. The minimum atomic E-state index is -0.258. The molecular formula is C16H17Cl2N. The maximum absolute atomic E-state index is 6.39. The molecule has 0 aliphatic carbocycles. The molecule has 100 valence electrons. The quantitative estimate of drug-likeness (QED) is 0.831. The third kappa shape index (κ3) is 2.79. The number of halogens is 2. The lowest BCUT2D eigenvalue weighted by Crippen LogP contribution is -2.15. The average Bonchev–Trinajstić information content (AvgIpc) is 2.31. The summed E-state index contributed by atoms with van der Waals surface area (Å²) >= 11 is 12.3. The normalized spacial score (nSPS) is 12.5. The van der Waals surface area contributed by atoms with Gasteiger partial charge in [0, 0.05) is 0 Å². The van der Waals surface area contributed by atoms with Gasteiger partial charge in [0.1, 0.15) is 0 Å². The van der Waals surface area contributed by atoms with Gasteiger partial charge < -0.3 is 5.73 Å². The van der Waals surface area contributed by atoms with Crippen molar-refractivity contribution in [1.29, 1.82) is 0 Å². The molecule has 0 spiro atoms. The van der Waals surface area contributed by atoms with Crippen LogP contribution in [0.15, 0.2) is 30.3 Å². The Balaban J connectivity index is 2.56. The van der Waals surface area contributed by atoms with Crippen LogP contribution in [0, 0.1) is 20.8 Å². The van der Waals surface area contributed by atoms with Crippen molar-refractivity contribution in [1.82, 2.24) is 0 Å². The van der Waals surface area contributed by atoms with E-state index in [9.17, 15) is 0 Å². The van der Waals surface area contributed by atoms with E-state index in [0.29, 0.717) is 10.0 Å². The van der Waals surface area contributed by atoms with Gasteiger partial charge in [-0.2, -0.15) is 0 Å². The lowest BCUT2D eigenvalue weighted by atomic mass is 9.90. The van der Waals surface area contributed by atoms with Crippen molar-refractivity contribution in [2.24, 2.45) is 5.73 Å². The van der Waals surface area contributed by atoms with Gasteiger partial charge in [-0.25, -0.2) is 0 Å². The Hall–Kier alpha value is -1.02. The van der Waals surface area contributed by atoms with E-state index < -0.39 is 0 Å². The van der Waals surface area contributed by atoms with Crippen molar-refractivity contribution in [2.45, 2.75) is 26.8 Å². The Labute approximate surface area is 124 Å². The number of rotatable bonds is 2. The van der Waals surface area contributed by atoms with Crippen molar-refractivity contribution >= 4 is 23.2 Å². The summed E-state index contributed by atoms with van der Waals surface area (Å²) in [5.41, 5.74) is 12.0. The molecule has 0 bridgehead atoms. The highest BCUT2D eigenvalue weighted by atomic mass is 35.5. The van der Waals surface area contributed by atoms with Crippen molar-refractivity contribution in [3.63, 3.8) is 0 Å². The van der Waals surface area contributed by atoms with Gasteiger partial charge in [0.05, 0.1) is 16.1 Å². The molecule has 1 atom stereocenters. The van der Waals surface area contributed by atoms with E-state index in [2.05, 4.69) is 32.9 Å². The summed E-state index contributed by atoms with van der Waals surface area (Å²) in [6.07, 6.45) is 0. The fraction of sp³-hybridized carbons (Fsp3) is 0.250. The first-order valence-electron chi connectivity index (χ1n) is 6.19. The Bertz CT molecular complexity index is 597. The van der Waals surface area contributed by atoms with Crippen molar-refractivity contribution in [2.75, 3.05) is 0 Å². The van der Waals surface area contributed by atoms with Crippen LogP contribution in [-0.2, 0) is 0 Å². The van der Waals surface area contributed by atoms with Crippen LogP contribution in [0.3, 0.4) is 0 Å². The van der Waals surface area contributed by atoms with E-state index in [4.69, 9.17) is 28.9 Å². The molecule has 2 N–H and O–H groups in total. The molecule has 1 unspecified atom stereocenters. The zero-order valence-corrected chi connectivity index (χ0v) is 12.8. The Morgan fingerprint density at radius 2 is 1.58 bits per heavy atom. The van der Waals surface area contributed by atoms with Gasteiger partial charge in [-0.15, -0.1) is 0 Å². The number of benzene rings is 2. The number of aryl methyl sites for hydroxylation is 3. The van der Waals surface area contributed by atoms with E-state index in [1.54, 1.807) is 6.07 Å². The van der Waals surface area contributed by atoms with Crippen molar-refractivity contribution in [3.8, 4) is 0 Å². The van der Waals surface area contributed by atoms with Crippen LogP contribution in [0.4, 0.5) is 0 Å². The molecule has 0 radical (unpaired) electrons. The van der Waals surface area contributed by atoms with Gasteiger partial charge in [-0.3, -0.25) is 0 Å². The summed E-state index contributed by atoms with van der Waals surface area (Å²) in [6, 6.07) is 9.60. The predicted octanol–water partition coefficient (Wildman–Crippen LogP) is 4.97. The molecule has 1 nitrogen and oxygen atoms in total. The summed E-state index contributed by atoms with van der Waals surface area (Å²) in [6.45, 7) is 6.24. The second-order valence-electron chi connectivity index (χ2n) is 4.93. The smallest absolute Gasteiger partial charge is 0.0643 e. The molecular weight excluding hydrogens is 277 g/mol. The van der Waals surface area contributed by atoms with Crippen molar-refractivity contribution < 1.29 is 0 Å². The van der Waals surface area contributed by atoms with Crippen LogP contribution in [0.1, 0.15) is 33.9 Å². The SMILES string of the molecule is Cc1cc(C)c(C(N)c2cccc(Cl)c2Cl)c(C)c1. The molecule has 0 saturated heterocycles. The van der Waals surface area contributed by atoms with Gasteiger partial charge in [0.25, 0.3) is 0 Å². The molecule has 0 aromatic heterocycles. The van der Waals surface area contributed by atoms with Gasteiger partial charge in [-0.1, -0.05) is 53.0 Å². The maximum Gasteiger partial charge on any atom is 0.0643 e. The van der Waals surface area contributed by atoms with Crippen LogP contribution < -0.4 is 5.73 Å². The highest BCUT2D eigenvalue weighted by Gasteiger charge is 2.18. The monoisotopic (exact) mass is 293 g/mol. The van der Waals surface area contributed by atoms with E-state index in [1.807, 2.05) is 12.1 Å². The fourth-order valence-electron chi connectivity index (χ4n) is 2.60. The zero-order chi connectivity index (χ0) is 14.2. The summed E-state index contributed by atoms with van der Waals surface area (Å²) < 4.78 is 0. The second kappa shape index (κ2) is 5.54. The first-order valence-corrected chi connectivity index (χ1v) is 6.94. The molecule has 0 fully saturated rings. The Kier molecular flexibility index (Phi) is 4.19. The zero-order valence-electron chi connectivity index (χ0n) is 11.3. The molecule has 3 heteroatoms. The lowest BCUT2D eigenvalue weighted by Gasteiger charge is -2.20. The standard InChI is InChI=1S/C16H17Cl2N/c1-9-7-10(2)14(11(3)8-9)16(19)12-5-4-6-13(17)15(12)18/h4-8,16H,19H2,1-3H3. The fourth-order valence-corrected chi connectivity index (χ4v) is 3.02. The van der Waals surface area contributed by atoms with E-state index in [-0.39, 0.29) is 6.04 Å². The molecule has 2 aromatic rings. The van der Waals surface area contributed by atoms with E-state index in [1.165, 1.54) is 16.7 Å². The summed E-state index contributed by atoms with van der Waals surface area (Å²) in [4.78, 5) is 0. The Morgan fingerprint density at radius 1 is 1.00 bits per heavy atom. The predicted molar refractivity (Wildman–Crippen MR) is 83.1 cm³/mol. The molecule has 0 amide bonds. The van der Waals surface area contributed by atoms with E-state index in [0.717, 1.165) is 11.1 Å². The molecule has 2 aromatic carbocycles. The third-order valence-corrected chi connectivity index (χ3v) is 4.20. The lowest BCUT2D eigenvalue weighted by molar-refractivity contribution is 0.850. The summed E-state index contributed by atoms with van der Waals surface area (Å²) in [5.74, 6) is 0. The van der Waals surface area contributed by atoms with Gasteiger partial charge in [0.15, 0.2) is 0 Å². The van der Waals surface area contributed by atoms with Crippen molar-refractivity contribution in [3.05, 3.63) is 68.2 Å². The van der Waals surface area contributed by atoms with Crippen LogP contribution >= 0.6 is 23.2 Å².